The molecule has 2 saturated heterocycles. The molecule has 3 N–H and O–H groups in total. The molecule has 0 radical (unpaired) electrons. The van der Waals surface area contributed by atoms with Crippen LogP contribution in [-0.2, 0) is 14.6 Å². The lowest BCUT2D eigenvalue weighted by Crippen LogP contribution is -2.50. The monoisotopic (exact) mass is 337 g/mol. The Morgan fingerprint density at radius 1 is 1.38 bits per heavy atom. The Labute approximate surface area is 131 Å². The second-order valence-corrected chi connectivity index (χ2v) is 8.94. The third-order valence-corrected chi connectivity index (χ3v) is 6.79. The maximum Gasteiger partial charge on any atom is 0.234 e. The quantitative estimate of drug-likeness (QED) is 0.679. The Morgan fingerprint density at radius 2 is 2.10 bits per heavy atom. The van der Waals surface area contributed by atoms with E-state index in [1.54, 1.807) is 0 Å². The predicted octanol–water partition coefficient (Wildman–Crippen LogP) is -0.434. The first-order valence-corrected chi connectivity index (χ1v) is 9.64. The van der Waals surface area contributed by atoms with Gasteiger partial charge in [0.1, 0.15) is 0 Å². The second-order valence-electron chi connectivity index (χ2n) is 6.22. The molecule has 2 fully saturated rings. The highest BCUT2D eigenvalue weighted by Crippen LogP contribution is 2.21. The molecule has 8 heteroatoms. The molecule has 1 amide bonds. The standard InChI is InChI=1S/C13H24ClN3O3S/c1-9-2-3-10(4-15)5-17(9)6-13(18)16-12-8-21(19,20)7-11(12)14/h9-12H,2-8,15H2,1H3,(H,16,18). The molecule has 0 spiro atoms. The highest BCUT2D eigenvalue weighted by atomic mass is 35.5. The first-order chi connectivity index (χ1) is 9.80. The molecule has 122 valence electrons. The summed E-state index contributed by atoms with van der Waals surface area (Å²) in [5.74, 6) is 0.150. The van der Waals surface area contributed by atoms with E-state index in [4.69, 9.17) is 17.3 Å². The van der Waals surface area contributed by atoms with E-state index in [-0.39, 0.29) is 24.0 Å². The highest BCUT2D eigenvalue weighted by Gasteiger charge is 2.37. The van der Waals surface area contributed by atoms with Crippen LogP contribution in [0.1, 0.15) is 19.8 Å². The lowest BCUT2D eigenvalue weighted by Gasteiger charge is -2.37. The maximum atomic E-state index is 12.1. The van der Waals surface area contributed by atoms with E-state index in [0.717, 1.165) is 19.4 Å². The van der Waals surface area contributed by atoms with Gasteiger partial charge in [0.25, 0.3) is 0 Å². The van der Waals surface area contributed by atoms with Gasteiger partial charge in [0.15, 0.2) is 9.84 Å². The predicted molar refractivity (Wildman–Crippen MR) is 83.0 cm³/mol. The minimum atomic E-state index is -3.12. The van der Waals surface area contributed by atoms with Gasteiger partial charge in [0.2, 0.25) is 5.91 Å². The molecule has 21 heavy (non-hydrogen) atoms. The summed E-state index contributed by atoms with van der Waals surface area (Å²) in [4.78, 5) is 14.2. The van der Waals surface area contributed by atoms with Crippen molar-refractivity contribution in [1.82, 2.24) is 10.2 Å². The Hall–Kier alpha value is -0.370. The minimum absolute atomic E-state index is 0.0606. The number of nitrogens with one attached hydrogen (secondary N) is 1. The van der Waals surface area contributed by atoms with Gasteiger partial charge < -0.3 is 11.1 Å². The fourth-order valence-corrected chi connectivity index (χ4v) is 5.60. The van der Waals surface area contributed by atoms with Crippen molar-refractivity contribution in [3.05, 3.63) is 0 Å². The van der Waals surface area contributed by atoms with E-state index in [0.29, 0.717) is 18.5 Å². The van der Waals surface area contributed by atoms with E-state index >= 15 is 0 Å². The first kappa shape index (κ1) is 17.0. The molecular formula is C13H24ClN3O3S. The van der Waals surface area contributed by atoms with Crippen LogP contribution in [0.2, 0.25) is 0 Å². The van der Waals surface area contributed by atoms with Crippen LogP contribution in [0.5, 0.6) is 0 Å². The van der Waals surface area contributed by atoms with Crippen molar-refractivity contribution >= 4 is 27.3 Å². The van der Waals surface area contributed by atoms with Gasteiger partial charge in [0.05, 0.1) is 29.5 Å². The minimum Gasteiger partial charge on any atom is -0.350 e. The number of carbonyl (C=O) groups is 1. The number of amides is 1. The summed E-state index contributed by atoms with van der Waals surface area (Å²) in [6.45, 7) is 3.83. The topological polar surface area (TPSA) is 92.5 Å². The van der Waals surface area contributed by atoms with E-state index in [2.05, 4.69) is 17.1 Å². The molecule has 2 heterocycles. The van der Waals surface area contributed by atoms with Crippen LogP contribution in [0.15, 0.2) is 0 Å². The van der Waals surface area contributed by atoms with Crippen molar-refractivity contribution < 1.29 is 13.2 Å². The largest absolute Gasteiger partial charge is 0.350 e. The highest BCUT2D eigenvalue weighted by molar-refractivity contribution is 7.91. The molecule has 0 aliphatic carbocycles. The molecule has 0 aromatic carbocycles. The van der Waals surface area contributed by atoms with Crippen molar-refractivity contribution in [2.24, 2.45) is 11.7 Å². The van der Waals surface area contributed by atoms with Crippen LogP contribution in [0.3, 0.4) is 0 Å². The number of alkyl halides is 1. The van der Waals surface area contributed by atoms with Crippen molar-refractivity contribution in [2.45, 2.75) is 37.2 Å². The average molecular weight is 338 g/mol. The van der Waals surface area contributed by atoms with Crippen molar-refractivity contribution in [2.75, 3.05) is 31.1 Å². The summed E-state index contributed by atoms with van der Waals surface area (Å²) in [6, 6.07) is -0.132. The Bertz CT molecular complexity index is 485. The zero-order valence-electron chi connectivity index (χ0n) is 12.3. The molecule has 4 atom stereocenters. The van der Waals surface area contributed by atoms with E-state index in [9.17, 15) is 13.2 Å². The van der Waals surface area contributed by atoms with Crippen molar-refractivity contribution in [1.29, 1.82) is 0 Å². The molecule has 4 unspecified atom stereocenters. The SMILES string of the molecule is CC1CCC(CN)CN1CC(=O)NC1CS(=O)(=O)CC1Cl. The van der Waals surface area contributed by atoms with E-state index in [1.807, 2.05) is 0 Å². The molecule has 0 aromatic heterocycles. The molecule has 2 aliphatic rings. The lowest BCUT2D eigenvalue weighted by atomic mass is 9.93. The van der Waals surface area contributed by atoms with E-state index < -0.39 is 21.3 Å². The number of piperidine rings is 1. The van der Waals surface area contributed by atoms with Crippen LogP contribution in [0.4, 0.5) is 0 Å². The number of sulfone groups is 1. The molecule has 2 rings (SSSR count). The van der Waals surface area contributed by atoms with E-state index in [1.165, 1.54) is 0 Å². The molecule has 6 nitrogen and oxygen atoms in total. The molecular weight excluding hydrogens is 314 g/mol. The van der Waals surface area contributed by atoms with Gasteiger partial charge >= 0.3 is 0 Å². The lowest BCUT2D eigenvalue weighted by molar-refractivity contribution is -0.123. The van der Waals surface area contributed by atoms with Crippen LogP contribution in [0.25, 0.3) is 0 Å². The fraction of sp³-hybridized carbons (Fsp3) is 0.923. The summed E-state index contributed by atoms with van der Waals surface area (Å²) < 4.78 is 23.0. The maximum absolute atomic E-state index is 12.1. The number of rotatable bonds is 4. The Balaban J connectivity index is 1.86. The number of nitrogens with two attached hydrogens (primary N) is 1. The number of hydrogen-bond acceptors (Lipinski definition) is 5. The zero-order valence-corrected chi connectivity index (χ0v) is 13.9. The fourth-order valence-electron chi connectivity index (χ4n) is 3.05. The third kappa shape index (κ3) is 4.55. The van der Waals surface area contributed by atoms with Gasteiger partial charge in [-0.25, -0.2) is 8.42 Å². The van der Waals surface area contributed by atoms with Gasteiger partial charge in [-0.15, -0.1) is 11.6 Å². The Kier molecular flexibility index (Phi) is 5.51. The molecule has 2 aliphatic heterocycles. The van der Waals surface area contributed by atoms with Crippen LogP contribution in [-0.4, -0.2) is 67.8 Å². The summed E-state index contributed by atoms with van der Waals surface area (Å²) in [5, 5.41) is 2.23. The van der Waals surface area contributed by atoms with Crippen molar-refractivity contribution in [3.63, 3.8) is 0 Å². The third-order valence-electron chi connectivity index (χ3n) is 4.42. The number of hydrogen-bond donors (Lipinski definition) is 2. The van der Waals surface area contributed by atoms with Gasteiger partial charge in [-0.3, -0.25) is 9.69 Å². The van der Waals surface area contributed by atoms with Gasteiger partial charge in [-0.2, -0.15) is 0 Å². The zero-order chi connectivity index (χ0) is 15.6. The average Bonchev–Trinajstić information content (AvgIpc) is 2.64. The summed E-state index contributed by atoms with van der Waals surface area (Å²) in [6.07, 6.45) is 2.13. The number of nitrogens with zero attached hydrogens (tertiary/aromatic N) is 1. The van der Waals surface area contributed by atoms with Crippen molar-refractivity contribution in [3.8, 4) is 0 Å². The van der Waals surface area contributed by atoms with Crippen LogP contribution in [0, 0.1) is 5.92 Å². The summed E-state index contributed by atoms with van der Waals surface area (Å²) >= 11 is 6.00. The van der Waals surface area contributed by atoms with Crippen LogP contribution < -0.4 is 11.1 Å². The molecule has 0 saturated carbocycles. The molecule has 0 bridgehead atoms. The number of likely N-dealkylation sites (tertiary alicyclic amines) is 1. The van der Waals surface area contributed by atoms with Gasteiger partial charge in [-0.1, -0.05) is 0 Å². The van der Waals surface area contributed by atoms with Gasteiger partial charge in [-0.05, 0) is 32.2 Å². The number of carbonyl (C=O) groups excluding carboxylic acids is 1. The smallest absolute Gasteiger partial charge is 0.234 e. The second kappa shape index (κ2) is 6.81. The molecule has 0 aromatic rings. The normalized spacial score (nSPS) is 36.5. The number of halogens is 1. The van der Waals surface area contributed by atoms with Crippen LogP contribution >= 0.6 is 11.6 Å². The summed E-state index contributed by atoms with van der Waals surface area (Å²) in [5.41, 5.74) is 5.71. The first-order valence-electron chi connectivity index (χ1n) is 7.38. The summed E-state index contributed by atoms with van der Waals surface area (Å²) in [7, 11) is -3.12. The van der Waals surface area contributed by atoms with Gasteiger partial charge in [0, 0.05) is 12.6 Å². The Morgan fingerprint density at radius 3 is 2.67 bits per heavy atom.